The van der Waals surface area contributed by atoms with Gasteiger partial charge < -0.3 is 10.2 Å². The lowest BCUT2D eigenvalue weighted by Crippen LogP contribution is -2.38. The molecule has 1 unspecified atom stereocenters. The number of anilines is 1. The first kappa shape index (κ1) is 16.7. The van der Waals surface area contributed by atoms with Crippen LogP contribution in [0.15, 0.2) is 29.2 Å². The van der Waals surface area contributed by atoms with E-state index in [4.69, 9.17) is 0 Å². The summed E-state index contributed by atoms with van der Waals surface area (Å²) in [5.41, 5.74) is 0.656. The van der Waals surface area contributed by atoms with Crippen molar-refractivity contribution in [1.82, 2.24) is 5.32 Å². The molecule has 2 amide bonds. The number of nitrogens with one attached hydrogen (secondary N) is 1. The van der Waals surface area contributed by atoms with Crippen LogP contribution in [0.2, 0.25) is 0 Å². The third kappa shape index (κ3) is 4.16. The molecular formula is C14H15F3N2O2S. The van der Waals surface area contributed by atoms with Gasteiger partial charge in [0.05, 0.1) is 5.92 Å². The van der Waals surface area contributed by atoms with E-state index in [2.05, 4.69) is 0 Å². The molecule has 1 saturated heterocycles. The number of carbonyl (C=O) groups is 2. The number of halogens is 3. The summed E-state index contributed by atoms with van der Waals surface area (Å²) >= 11 is 1.52. The maximum absolute atomic E-state index is 12.1. The third-order valence-corrected chi connectivity index (χ3v) is 4.05. The second-order valence-electron chi connectivity index (χ2n) is 4.94. The first-order valence-electron chi connectivity index (χ1n) is 6.59. The molecule has 0 radical (unpaired) electrons. The van der Waals surface area contributed by atoms with Crippen LogP contribution in [-0.4, -0.2) is 37.3 Å². The summed E-state index contributed by atoms with van der Waals surface area (Å²) in [5, 5.41) is 1.83. The summed E-state index contributed by atoms with van der Waals surface area (Å²) in [5.74, 6) is -1.76. The molecule has 0 bridgehead atoms. The van der Waals surface area contributed by atoms with Crippen LogP contribution in [0.4, 0.5) is 18.9 Å². The van der Waals surface area contributed by atoms with Crippen LogP contribution < -0.4 is 10.2 Å². The van der Waals surface area contributed by atoms with Crippen LogP contribution >= 0.6 is 11.8 Å². The molecule has 2 rings (SSSR count). The Morgan fingerprint density at radius 1 is 1.45 bits per heavy atom. The number of hydrogen-bond acceptors (Lipinski definition) is 3. The monoisotopic (exact) mass is 332 g/mol. The first-order valence-corrected chi connectivity index (χ1v) is 7.81. The van der Waals surface area contributed by atoms with E-state index in [1.165, 1.54) is 16.7 Å². The van der Waals surface area contributed by atoms with Gasteiger partial charge in [0.25, 0.3) is 0 Å². The molecule has 1 heterocycles. The number of rotatable bonds is 4. The van der Waals surface area contributed by atoms with E-state index < -0.39 is 24.5 Å². The lowest BCUT2D eigenvalue weighted by molar-refractivity contribution is -0.140. The van der Waals surface area contributed by atoms with Gasteiger partial charge in [-0.15, -0.1) is 11.8 Å². The van der Waals surface area contributed by atoms with E-state index in [9.17, 15) is 22.8 Å². The molecule has 0 aliphatic carbocycles. The van der Waals surface area contributed by atoms with Crippen molar-refractivity contribution in [2.75, 3.05) is 24.2 Å². The molecular weight excluding hydrogens is 317 g/mol. The minimum atomic E-state index is -4.45. The summed E-state index contributed by atoms with van der Waals surface area (Å²) < 4.78 is 36.3. The van der Waals surface area contributed by atoms with Crippen molar-refractivity contribution in [2.45, 2.75) is 17.5 Å². The summed E-state index contributed by atoms with van der Waals surface area (Å²) in [7, 11) is 0. The number of alkyl halides is 3. The Hall–Kier alpha value is -1.70. The fourth-order valence-corrected chi connectivity index (χ4v) is 2.70. The average molecular weight is 332 g/mol. The smallest absolute Gasteiger partial charge is 0.347 e. The largest absolute Gasteiger partial charge is 0.405 e. The predicted molar refractivity (Wildman–Crippen MR) is 77.7 cm³/mol. The van der Waals surface area contributed by atoms with Gasteiger partial charge in [0.1, 0.15) is 6.54 Å². The van der Waals surface area contributed by atoms with Crippen LogP contribution in [0.25, 0.3) is 0 Å². The van der Waals surface area contributed by atoms with Crippen molar-refractivity contribution in [3.8, 4) is 0 Å². The van der Waals surface area contributed by atoms with Crippen LogP contribution in [0, 0.1) is 5.92 Å². The second-order valence-corrected chi connectivity index (χ2v) is 5.82. The Morgan fingerprint density at radius 2 is 2.18 bits per heavy atom. The molecule has 1 aliphatic rings. The maximum atomic E-state index is 12.1. The number of hydrogen-bond donors (Lipinski definition) is 1. The topological polar surface area (TPSA) is 49.4 Å². The standard InChI is InChI=1S/C14H15F3N2O2S/c1-22-11-4-2-3-10(6-11)19-7-9(5-12(19)20)13(21)18-8-14(15,16)17/h2-4,6,9H,5,7-8H2,1H3,(H,18,21). The SMILES string of the molecule is CSc1cccc(N2CC(C(=O)NCC(F)(F)F)CC2=O)c1. The first-order chi connectivity index (χ1) is 10.3. The van der Waals surface area contributed by atoms with Crippen molar-refractivity contribution in [3.63, 3.8) is 0 Å². The third-order valence-electron chi connectivity index (χ3n) is 3.32. The van der Waals surface area contributed by atoms with E-state index in [-0.39, 0.29) is 18.9 Å². The van der Waals surface area contributed by atoms with E-state index in [0.717, 1.165) is 4.90 Å². The van der Waals surface area contributed by atoms with Gasteiger partial charge in [-0.05, 0) is 24.5 Å². The van der Waals surface area contributed by atoms with Crippen molar-refractivity contribution < 1.29 is 22.8 Å². The molecule has 1 N–H and O–H groups in total. The zero-order valence-corrected chi connectivity index (χ0v) is 12.6. The molecule has 1 aromatic rings. The quantitative estimate of drug-likeness (QED) is 0.862. The summed E-state index contributed by atoms with van der Waals surface area (Å²) in [6.07, 6.45) is -2.63. The van der Waals surface area contributed by atoms with Crippen molar-refractivity contribution in [1.29, 1.82) is 0 Å². The maximum Gasteiger partial charge on any atom is 0.405 e. The van der Waals surface area contributed by atoms with Gasteiger partial charge in [-0.2, -0.15) is 13.2 Å². The Kier molecular flexibility index (Phi) is 5.00. The lowest BCUT2D eigenvalue weighted by Gasteiger charge is -2.17. The van der Waals surface area contributed by atoms with Crippen LogP contribution in [0.3, 0.4) is 0 Å². The highest BCUT2D eigenvalue weighted by Crippen LogP contribution is 2.28. The highest BCUT2D eigenvalue weighted by Gasteiger charge is 2.36. The van der Waals surface area contributed by atoms with E-state index in [1.807, 2.05) is 23.7 Å². The summed E-state index contributed by atoms with van der Waals surface area (Å²) in [6.45, 7) is -1.28. The molecule has 0 aromatic heterocycles. The van der Waals surface area contributed by atoms with Crippen molar-refractivity contribution in [3.05, 3.63) is 24.3 Å². The number of nitrogens with zero attached hydrogens (tertiary/aromatic N) is 1. The van der Waals surface area contributed by atoms with E-state index in [1.54, 1.807) is 12.1 Å². The van der Waals surface area contributed by atoms with Gasteiger partial charge in [-0.1, -0.05) is 6.07 Å². The van der Waals surface area contributed by atoms with Gasteiger partial charge in [-0.3, -0.25) is 9.59 Å². The minimum absolute atomic E-state index is 0.0762. The molecule has 1 aliphatic heterocycles. The van der Waals surface area contributed by atoms with Crippen molar-refractivity contribution in [2.24, 2.45) is 5.92 Å². The van der Waals surface area contributed by atoms with Crippen LogP contribution in [0.1, 0.15) is 6.42 Å². The average Bonchev–Trinajstić information content (AvgIpc) is 2.86. The molecule has 8 heteroatoms. The van der Waals surface area contributed by atoms with Crippen LogP contribution in [-0.2, 0) is 9.59 Å². The Labute approximate surface area is 130 Å². The minimum Gasteiger partial charge on any atom is -0.347 e. The highest BCUT2D eigenvalue weighted by molar-refractivity contribution is 7.98. The predicted octanol–water partition coefficient (Wildman–Crippen LogP) is 2.44. The Bertz CT molecular complexity index is 577. The van der Waals surface area contributed by atoms with Gasteiger partial charge in [0.15, 0.2) is 0 Å². The molecule has 4 nitrogen and oxygen atoms in total. The summed E-state index contributed by atoms with van der Waals surface area (Å²) in [6, 6.07) is 7.25. The molecule has 0 saturated carbocycles. The molecule has 1 aromatic carbocycles. The van der Waals surface area contributed by atoms with Gasteiger partial charge in [0, 0.05) is 23.5 Å². The molecule has 1 fully saturated rings. The zero-order valence-electron chi connectivity index (χ0n) is 11.8. The number of benzene rings is 1. The Balaban J connectivity index is 2.02. The number of thioether (sulfide) groups is 1. The molecule has 0 spiro atoms. The number of carbonyl (C=O) groups excluding carboxylic acids is 2. The second kappa shape index (κ2) is 6.60. The van der Waals surface area contributed by atoms with Gasteiger partial charge in [-0.25, -0.2) is 0 Å². The molecule has 22 heavy (non-hydrogen) atoms. The van der Waals surface area contributed by atoms with Gasteiger partial charge in [0.2, 0.25) is 11.8 Å². The van der Waals surface area contributed by atoms with Gasteiger partial charge >= 0.3 is 6.18 Å². The molecule has 120 valence electrons. The van der Waals surface area contributed by atoms with E-state index >= 15 is 0 Å². The van der Waals surface area contributed by atoms with Crippen molar-refractivity contribution >= 4 is 29.3 Å². The van der Waals surface area contributed by atoms with Crippen LogP contribution in [0.5, 0.6) is 0 Å². The fourth-order valence-electron chi connectivity index (χ4n) is 2.24. The number of amides is 2. The normalized spacial score (nSPS) is 18.6. The zero-order chi connectivity index (χ0) is 16.3. The summed E-state index contributed by atoms with van der Waals surface area (Å²) in [4.78, 5) is 26.2. The molecule has 1 atom stereocenters. The lowest BCUT2D eigenvalue weighted by atomic mass is 10.1. The fraction of sp³-hybridized carbons (Fsp3) is 0.429. The Morgan fingerprint density at radius 3 is 2.82 bits per heavy atom. The van der Waals surface area contributed by atoms with E-state index in [0.29, 0.717) is 5.69 Å². The highest BCUT2D eigenvalue weighted by atomic mass is 32.2.